The van der Waals surface area contributed by atoms with Gasteiger partial charge in [0, 0.05) is 49.4 Å². The Bertz CT molecular complexity index is 766. The van der Waals surface area contributed by atoms with Crippen molar-refractivity contribution in [2.45, 2.75) is 12.8 Å². The minimum absolute atomic E-state index is 0.183. The van der Waals surface area contributed by atoms with Crippen LogP contribution in [0, 0.1) is 0 Å². The van der Waals surface area contributed by atoms with Gasteiger partial charge in [-0.1, -0.05) is 17.7 Å². The Morgan fingerprint density at radius 2 is 1.67 bits per heavy atom. The summed E-state index contributed by atoms with van der Waals surface area (Å²) in [6.45, 7) is 3.09. The lowest BCUT2D eigenvalue weighted by Gasteiger charge is -2.36. The predicted octanol–water partition coefficient (Wildman–Crippen LogP) is 3.64. The molecule has 0 N–H and O–H groups in total. The number of carbonyl (C=O) groups excluding carboxylic acids is 1. The Kier molecular flexibility index (Phi) is 6.45. The molecule has 1 amide bonds. The van der Waals surface area contributed by atoms with Crippen LogP contribution in [0.25, 0.3) is 0 Å². The number of benzene rings is 2. The van der Waals surface area contributed by atoms with Crippen LogP contribution in [0.15, 0.2) is 42.5 Å². The SMILES string of the molecule is COc1cc(CCC(=O)N2CCN(c3cccc(Cl)c3)CC2)cc(OC)c1. The van der Waals surface area contributed by atoms with Gasteiger partial charge in [0.15, 0.2) is 0 Å². The highest BCUT2D eigenvalue weighted by Crippen LogP contribution is 2.24. The fraction of sp³-hybridized carbons (Fsp3) is 0.381. The summed E-state index contributed by atoms with van der Waals surface area (Å²) in [4.78, 5) is 16.8. The molecule has 1 saturated heterocycles. The van der Waals surface area contributed by atoms with E-state index < -0.39 is 0 Å². The normalized spacial score (nSPS) is 14.2. The molecule has 6 heteroatoms. The molecule has 0 aliphatic carbocycles. The maximum atomic E-state index is 12.6. The van der Waals surface area contributed by atoms with E-state index in [1.807, 2.05) is 41.3 Å². The van der Waals surface area contributed by atoms with Crippen LogP contribution < -0.4 is 14.4 Å². The molecule has 144 valence electrons. The summed E-state index contributed by atoms with van der Waals surface area (Å²) >= 11 is 6.08. The van der Waals surface area contributed by atoms with Gasteiger partial charge >= 0.3 is 0 Å². The van der Waals surface area contributed by atoms with Crippen LogP contribution >= 0.6 is 11.6 Å². The topological polar surface area (TPSA) is 42.0 Å². The second kappa shape index (κ2) is 9.00. The summed E-state index contributed by atoms with van der Waals surface area (Å²) in [6.07, 6.45) is 1.15. The summed E-state index contributed by atoms with van der Waals surface area (Å²) in [5.41, 5.74) is 2.15. The molecule has 0 unspecified atom stereocenters. The molecule has 2 aromatic rings. The largest absolute Gasteiger partial charge is 0.497 e. The number of anilines is 1. The van der Waals surface area contributed by atoms with Gasteiger partial charge in [0.05, 0.1) is 14.2 Å². The molecule has 5 nitrogen and oxygen atoms in total. The molecule has 27 heavy (non-hydrogen) atoms. The van der Waals surface area contributed by atoms with Gasteiger partial charge in [0.1, 0.15) is 11.5 Å². The number of rotatable bonds is 6. The zero-order valence-corrected chi connectivity index (χ0v) is 16.5. The zero-order chi connectivity index (χ0) is 19.2. The van der Waals surface area contributed by atoms with E-state index in [0.717, 1.165) is 54.0 Å². The first-order chi connectivity index (χ1) is 13.1. The molecule has 0 spiro atoms. The summed E-state index contributed by atoms with van der Waals surface area (Å²) < 4.78 is 10.6. The van der Waals surface area contributed by atoms with E-state index in [2.05, 4.69) is 11.0 Å². The van der Waals surface area contributed by atoms with Crippen LogP contribution in [0.1, 0.15) is 12.0 Å². The molecule has 0 radical (unpaired) electrons. The number of ether oxygens (including phenoxy) is 2. The average molecular weight is 389 g/mol. The van der Waals surface area contributed by atoms with E-state index in [0.29, 0.717) is 12.8 Å². The number of piperazine rings is 1. The number of carbonyl (C=O) groups is 1. The first-order valence-electron chi connectivity index (χ1n) is 9.09. The first kappa shape index (κ1) is 19.4. The van der Waals surface area contributed by atoms with Crippen molar-refractivity contribution in [3.63, 3.8) is 0 Å². The quantitative estimate of drug-likeness (QED) is 0.757. The van der Waals surface area contributed by atoms with Crippen molar-refractivity contribution >= 4 is 23.2 Å². The number of hydrogen-bond acceptors (Lipinski definition) is 4. The third-order valence-corrected chi connectivity index (χ3v) is 5.08. The maximum Gasteiger partial charge on any atom is 0.223 e. The molecule has 1 heterocycles. The Labute approximate surface area is 165 Å². The smallest absolute Gasteiger partial charge is 0.223 e. The van der Waals surface area contributed by atoms with Crippen LogP contribution in [-0.4, -0.2) is 51.2 Å². The number of hydrogen-bond donors (Lipinski definition) is 0. The molecule has 1 aliphatic rings. The average Bonchev–Trinajstić information content (AvgIpc) is 2.71. The summed E-state index contributed by atoms with van der Waals surface area (Å²) in [5.74, 6) is 1.67. The fourth-order valence-electron chi connectivity index (χ4n) is 3.31. The monoisotopic (exact) mass is 388 g/mol. The fourth-order valence-corrected chi connectivity index (χ4v) is 3.49. The van der Waals surface area contributed by atoms with E-state index in [-0.39, 0.29) is 5.91 Å². The third-order valence-electron chi connectivity index (χ3n) is 4.84. The highest BCUT2D eigenvalue weighted by Gasteiger charge is 2.21. The van der Waals surface area contributed by atoms with Crippen molar-refractivity contribution in [2.24, 2.45) is 0 Å². The molecular formula is C21H25ClN2O3. The van der Waals surface area contributed by atoms with Crippen LogP contribution in [-0.2, 0) is 11.2 Å². The van der Waals surface area contributed by atoms with E-state index in [9.17, 15) is 4.79 Å². The zero-order valence-electron chi connectivity index (χ0n) is 15.8. The van der Waals surface area contributed by atoms with Gasteiger partial charge in [0.2, 0.25) is 5.91 Å². The van der Waals surface area contributed by atoms with Crippen molar-refractivity contribution < 1.29 is 14.3 Å². The van der Waals surface area contributed by atoms with Crippen LogP contribution in [0.3, 0.4) is 0 Å². The van der Waals surface area contributed by atoms with Crippen molar-refractivity contribution in [2.75, 3.05) is 45.3 Å². The molecule has 0 saturated carbocycles. The van der Waals surface area contributed by atoms with Crippen LogP contribution in [0.5, 0.6) is 11.5 Å². The van der Waals surface area contributed by atoms with Gasteiger partial charge in [-0.2, -0.15) is 0 Å². The van der Waals surface area contributed by atoms with E-state index in [1.54, 1.807) is 14.2 Å². The lowest BCUT2D eigenvalue weighted by atomic mass is 10.1. The van der Waals surface area contributed by atoms with E-state index in [4.69, 9.17) is 21.1 Å². The van der Waals surface area contributed by atoms with Gasteiger partial charge in [0.25, 0.3) is 0 Å². The Morgan fingerprint density at radius 3 is 2.26 bits per heavy atom. The lowest BCUT2D eigenvalue weighted by molar-refractivity contribution is -0.131. The van der Waals surface area contributed by atoms with Gasteiger partial charge in [-0.25, -0.2) is 0 Å². The van der Waals surface area contributed by atoms with Crippen LogP contribution in [0.4, 0.5) is 5.69 Å². The van der Waals surface area contributed by atoms with Crippen molar-refractivity contribution in [1.29, 1.82) is 0 Å². The van der Waals surface area contributed by atoms with Crippen LogP contribution in [0.2, 0.25) is 5.02 Å². The highest BCUT2D eigenvalue weighted by atomic mass is 35.5. The number of aryl methyl sites for hydroxylation is 1. The van der Waals surface area contributed by atoms with Gasteiger partial charge < -0.3 is 19.3 Å². The third kappa shape index (κ3) is 5.07. The lowest BCUT2D eigenvalue weighted by Crippen LogP contribution is -2.48. The summed E-state index contributed by atoms with van der Waals surface area (Å²) in [7, 11) is 3.26. The Balaban J connectivity index is 1.53. The number of halogens is 1. The maximum absolute atomic E-state index is 12.6. The number of nitrogens with zero attached hydrogens (tertiary/aromatic N) is 2. The molecule has 0 atom stereocenters. The van der Waals surface area contributed by atoms with Crippen molar-refractivity contribution in [3.05, 3.63) is 53.1 Å². The Morgan fingerprint density at radius 1 is 1.00 bits per heavy atom. The molecule has 0 bridgehead atoms. The molecule has 1 aliphatic heterocycles. The van der Waals surface area contributed by atoms with Crippen molar-refractivity contribution in [3.8, 4) is 11.5 Å². The van der Waals surface area contributed by atoms with Gasteiger partial charge in [-0.05, 0) is 42.3 Å². The number of methoxy groups -OCH3 is 2. The van der Waals surface area contributed by atoms with E-state index >= 15 is 0 Å². The standard InChI is InChI=1S/C21H25ClN2O3/c1-26-19-12-16(13-20(15-19)27-2)6-7-21(25)24-10-8-23(9-11-24)18-5-3-4-17(22)14-18/h3-5,12-15H,6-11H2,1-2H3. The molecule has 1 fully saturated rings. The summed E-state index contributed by atoms with van der Waals surface area (Å²) in [5, 5.41) is 0.736. The van der Waals surface area contributed by atoms with Gasteiger partial charge in [-0.3, -0.25) is 4.79 Å². The van der Waals surface area contributed by atoms with Crippen molar-refractivity contribution in [1.82, 2.24) is 4.90 Å². The second-order valence-corrected chi connectivity index (χ2v) is 7.01. The molecule has 2 aromatic carbocycles. The highest BCUT2D eigenvalue weighted by molar-refractivity contribution is 6.30. The Hall–Kier alpha value is -2.40. The second-order valence-electron chi connectivity index (χ2n) is 6.57. The molecule has 3 rings (SSSR count). The number of amides is 1. The molecular weight excluding hydrogens is 364 g/mol. The van der Waals surface area contributed by atoms with E-state index in [1.165, 1.54) is 0 Å². The van der Waals surface area contributed by atoms with Gasteiger partial charge in [-0.15, -0.1) is 0 Å². The minimum Gasteiger partial charge on any atom is -0.497 e. The minimum atomic E-state index is 0.183. The molecule has 0 aromatic heterocycles. The predicted molar refractivity (Wildman–Crippen MR) is 108 cm³/mol. The first-order valence-corrected chi connectivity index (χ1v) is 9.47. The summed E-state index contributed by atoms with van der Waals surface area (Å²) in [6, 6.07) is 13.6.